The normalized spacial score (nSPS) is 11.1. The summed E-state index contributed by atoms with van der Waals surface area (Å²) in [7, 11) is 0. The fraction of sp³-hybridized carbons (Fsp3) is 0.278. The number of anilines is 1. The molecule has 8 heteroatoms. The molecule has 1 amide bonds. The first-order valence-electron chi connectivity index (χ1n) is 7.61. The molecule has 26 heavy (non-hydrogen) atoms. The average Bonchev–Trinajstić information content (AvgIpc) is 2.57. The highest BCUT2D eigenvalue weighted by molar-refractivity contribution is 8.00. The van der Waals surface area contributed by atoms with Gasteiger partial charge in [0.05, 0.1) is 16.9 Å². The fourth-order valence-corrected chi connectivity index (χ4v) is 3.11. The highest BCUT2D eigenvalue weighted by Crippen LogP contribution is 2.30. The second kappa shape index (κ2) is 7.79. The van der Waals surface area contributed by atoms with E-state index in [1.54, 1.807) is 0 Å². The van der Waals surface area contributed by atoms with Crippen LogP contribution in [0.25, 0.3) is 0 Å². The molecule has 2 aromatic rings. The van der Waals surface area contributed by atoms with Gasteiger partial charge in [0.2, 0.25) is 5.91 Å². The third-order valence-corrected chi connectivity index (χ3v) is 4.89. The lowest BCUT2D eigenvalue weighted by atomic mass is 10.1. The zero-order valence-electron chi connectivity index (χ0n) is 14.4. The Labute approximate surface area is 153 Å². The maximum absolute atomic E-state index is 12.5. The van der Waals surface area contributed by atoms with Crippen molar-refractivity contribution in [2.45, 2.75) is 32.0 Å². The van der Waals surface area contributed by atoms with Crippen LogP contribution in [0, 0.1) is 32.1 Å². The number of thioether (sulfide) groups is 1. The van der Waals surface area contributed by atoms with Crippen LogP contribution in [0.2, 0.25) is 0 Å². The molecule has 0 aliphatic heterocycles. The summed E-state index contributed by atoms with van der Waals surface area (Å²) >= 11 is 1.12. The first-order chi connectivity index (χ1) is 12.1. The minimum Gasteiger partial charge on any atom is -0.325 e. The summed E-state index contributed by atoms with van der Waals surface area (Å²) in [6.45, 7) is 5.54. The molecule has 1 heterocycles. The van der Waals surface area contributed by atoms with Gasteiger partial charge in [0.1, 0.15) is 11.1 Å². The number of nitriles is 1. The molecule has 0 atom stereocenters. The number of aryl methyl sites for hydroxylation is 1. The van der Waals surface area contributed by atoms with Crippen molar-refractivity contribution in [2.75, 3.05) is 11.1 Å². The van der Waals surface area contributed by atoms with Crippen molar-refractivity contribution < 1.29 is 18.0 Å². The lowest BCUT2D eigenvalue weighted by molar-refractivity contribution is -0.137. The summed E-state index contributed by atoms with van der Waals surface area (Å²) in [5.41, 5.74) is 2.46. The van der Waals surface area contributed by atoms with E-state index in [9.17, 15) is 23.2 Å². The van der Waals surface area contributed by atoms with Gasteiger partial charge in [0.15, 0.2) is 0 Å². The Hall–Kier alpha value is -2.53. The van der Waals surface area contributed by atoms with E-state index in [4.69, 9.17) is 0 Å². The highest BCUT2D eigenvalue weighted by atomic mass is 32.2. The predicted octanol–water partition coefficient (Wildman–Crippen LogP) is 4.63. The fourth-order valence-electron chi connectivity index (χ4n) is 2.22. The molecule has 0 aliphatic rings. The number of hydrogen-bond acceptors (Lipinski definition) is 4. The number of aromatic nitrogens is 1. The van der Waals surface area contributed by atoms with Crippen LogP contribution >= 0.6 is 11.8 Å². The summed E-state index contributed by atoms with van der Waals surface area (Å²) in [6.07, 6.45) is -4.42. The van der Waals surface area contributed by atoms with Crippen LogP contribution in [0.5, 0.6) is 0 Å². The molecule has 0 bridgehead atoms. The van der Waals surface area contributed by atoms with Gasteiger partial charge in [0.25, 0.3) is 0 Å². The van der Waals surface area contributed by atoms with Crippen LogP contribution in [-0.2, 0) is 11.0 Å². The smallest absolute Gasteiger partial charge is 0.325 e. The Bertz CT molecular complexity index is 871. The Balaban J connectivity index is 2.05. The summed E-state index contributed by atoms with van der Waals surface area (Å²) in [4.78, 5) is 16.4. The maximum Gasteiger partial charge on any atom is 0.416 e. The zero-order chi connectivity index (χ0) is 19.5. The van der Waals surface area contributed by atoms with Crippen LogP contribution in [0.1, 0.15) is 27.9 Å². The molecule has 2 rings (SSSR count). The molecule has 0 radical (unpaired) electrons. The van der Waals surface area contributed by atoms with E-state index < -0.39 is 17.6 Å². The van der Waals surface area contributed by atoms with Crippen LogP contribution in [0.15, 0.2) is 29.3 Å². The molecule has 1 aromatic heterocycles. The molecule has 136 valence electrons. The number of nitrogens with one attached hydrogen (secondary N) is 1. The Kier molecular flexibility index (Phi) is 5.93. The quantitative estimate of drug-likeness (QED) is 0.787. The van der Waals surface area contributed by atoms with E-state index in [2.05, 4.69) is 16.4 Å². The number of benzene rings is 1. The van der Waals surface area contributed by atoms with E-state index >= 15 is 0 Å². The van der Waals surface area contributed by atoms with Gasteiger partial charge in [-0.15, -0.1) is 0 Å². The number of rotatable bonds is 4. The predicted molar refractivity (Wildman–Crippen MR) is 94.0 cm³/mol. The second-order valence-corrected chi connectivity index (χ2v) is 6.62. The minimum atomic E-state index is -4.42. The number of carbonyl (C=O) groups is 1. The summed E-state index contributed by atoms with van der Waals surface area (Å²) < 4.78 is 37.6. The van der Waals surface area contributed by atoms with Crippen LogP contribution in [0.4, 0.5) is 18.9 Å². The van der Waals surface area contributed by atoms with Crippen LogP contribution < -0.4 is 5.32 Å². The average molecular weight is 379 g/mol. The van der Waals surface area contributed by atoms with Crippen molar-refractivity contribution >= 4 is 23.4 Å². The van der Waals surface area contributed by atoms with Gasteiger partial charge in [0, 0.05) is 11.4 Å². The van der Waals surface area contributed by atoms with E-state index in [0.29, 0.717) is 10.6 Å². The van der Waals surface area contributed by atoms with Crippen molar-refractivity contribution in [1.29, 1.82) is 5.26 Å². The van der Waals surface area contributed by atoms with Crippen molar-refractivity contribution in [1.82, 2.24) is 4.98 Å². The molecule has 0 saturated heterocycles. The number of amides is 1. The molecule has 0 spiro atoms. The van der Waals surface area contributed by atoms with E-state index in [0.717, 1.165) is 40.7 Å². The third-order valence-electron chi connectivity index (χ3n) is 3.91. The van der Waals surface area contributed by atoms with Gasteiger partial charge in [-0.05, 0) is 56.2 Å². The standard InChI is InChI=1S/C18H16F3N3OS/c1-10-11(2)15(8-22)17(23-12(10)3)26-9-16(25)24-14-6-4-13(5-7-14)18(19,20)21/h4-7H,9H2,1-3H3,(H,24,25). The van der Waals surface area contributed by atoms with Crippen molar-refractivity contribution in [2.24, 2.45) is 0 Å². The number of nitrogens with zero attached hydrogens (tertiary/aromatic N) is 2. The van der Waals surface area contributed by atoms with Crippen molar-refractivity contribution in [3.63, 3.8) is 0 Å². The Morgan fingerprint density at radius 3 is 2.35 bits per heavy atom. The van der Waals surface area contributed by atoms with Crippen LogP contribution in [0.3, 0.4) is 0 Å². The Morgan fingerprint density at radius 1 is 1.19 bits per heavy atom. The van der Waals surface area contributed by atoms with Gasteiger partial charge >= 0.3 is 6.18 Å². The molecule has 4 nitrogen and oxygen atoms in total. The molecule has 1 aromatic carbocycles. The van der Waals surface area contributed by atoms with E-state index in [1.165, 1.54) is 12.1 Å². The van der Waals surface area contributed by atoms with Gasteiger partial charge in [-0.1, -0.05) is 11.8 Å². The number of hydrogen-bond donors (Lipinski definition) is 1. The summed E-state index contributed by atoms with van der Waals surface area (Å²) in [5.74, 6) is -0.402. The number of alkyl halides is 3. The monoisotopic (exact) mass is 379 g/mol. The van der Waals surface area contributed by atoms with Gasteiger partial charge in [-0.3, -0.25) is 4.79 Å². The molecule has 1 N–H and O–H groups in total. The first kappa shape index (κ1) is 19.8. The van der Waals surface area contributed by atoms with Crippen LogP contribution in [-0.4, -0.2) is 16.6 Å². The third kappa shape index (κ3) is 4.55. The second-order valence-electron chi connectivity index (χ2n) is 5.65. The van der Waals surface area contributed by atoms with Gasteiger partial charge in [-0.25, -0.2) is 4.98 Å². The molecule has 0 fully saturated rings. The molecule has 0 unspecified atom stereocenters. The number of carbonyl (C=O) groups excluding carboxylic acids is 1. The number of halogens is 3. The minimum absolute atomic E-state index is 0.00928. The summed E-state index contributed by atoms with van der Waals surface area (Å²) in [5, 5.41) is 12.3. The molecular weight excluding hydrogens is 363 g/mol. The lowest BCUT2D eigenvalue weighted by Crippen LogP contribution is -2.15. The Morgan fingerprint density at radius 2 is 1.81 bits per heavy atom. The van der Waals surface area contributed by atoms with Crippen molar-refractivity contribution in [3.05, 3.63) is 52.2 Å². The lowest BCUT2D eigenvalue weighted by Gasteiger charge is -2.11. The van der Waals surface area contributed by atoms with Gasteiger partial charge in [-0.2, -0.15) is 18.4 Å². The molecular formula is C18H16F3N3OS. The maximum atomic E-state index is 12.5. The zero-order valence-corrected chi connectivity index (χ0v) is 15.2. The van der Waals surface area contributed by atoms with E-state index in [1.807, 2.05) is 20.8 Å². The van der Waals surface area contributed by atoms with Crippen molar-refractivity contribution in [3.8, 4) is 6.07 Å². The topological polar surface area (TPSA) is 65.8 Å². The molecule has 0 aliphatic carbocycles. The molecule has 0 saturated carbocycles. The number of pyridine rings is 1. The van der Waals surface area contributed by atoms with E-state index in [-0.39, 0.29) is 11.4 Å². The van der Waals surface area contributed by atoms with Gasteiger partial charge < -0.3 is 5.32 Å². The first-order valence-corrected chi connectivity index (χ1v) is 8.60. The highest BCUT2D eigenvalue weighted by Gasteiger charge is 2.30. The largest absolute Gasteiger partial charge is 0.416 e. The SMILES string of the molecule is Cc1nc(SCC(=O)Nc2ccc(C(F)(F)F)cc2)c(C#N)c(C)c1C. The summed E-state index contributed by atoms with van der Waals surface area (Å²) in [6, 6.07) is 6.32.